The number of nitrogens with one attached hydrogen (secondary N) is 3. The maximum Gasteiger partial charge on any atom is 0.251 e. The average Bonchev–Trinajstić information content (AvgIpc) is 2.43. The fraction of sp³-hybridized carbons (Fsp3) is 0.357. The molecule has 1 aromatic carbocycles. The summed E-state index contributed by atoms with van der Waals surface area (Å²) in [5, 5.41) is 5.94. The molecule has 0 atom stereocenters. The van der Waals surface area contributed by atoms with Crippen molar-refractivity contribution in [2.45, 2.75) is 4.90 Å². The molecular formula is C14H19N3O3S. The van der Waals surface area contributed by atoms with Crippen LogP contribution >= 0.6 is 0 Å². The van der Waals surface area contributed by atoms with Crippen LogP contribution < -0.4 is 15.4 Å². The normalized spacial score (nSPS) is 15.2. The van der Waals surface area contributed by atoms with Gasteiger partial charge < -0.3 is 10.6 Å². The third-order valence-corrected chi connectivity index (χ3v) is 4.66. The summed E-state index contributed by atoms with van der Waals surface area (Å²) in [4.78, 5) is 12.1. The first-order valence-corrected chi connectivity index (χ1v) is 8.21. The van der Waals surface area contributed by atoms with Crippen molar-refractivity contribution in [1.29, 1.82) is 0 Å². The molecule has 0 unspecified atom stereocenters. The van der Waals surface area contributed by atoms with Gasteiger partial charge in [-0.25, -0.2) is 13.1 Å². The van der Waals surface area contributed by atoms with Crippen LogP contribution in [0.3, 0.4) is 0 Å². The first-order valence-electron chi connectivity index (χ1n) is 6.72. The lowest BCUT2D eigenvalue weighted by Gasteiger charge is -2.27. The SMILES string of the molecule is C=CCNS(=O)(=O)c1cccc(C(=O)NCC2CNC2)c1. The zero-order valence-corrected chi connectivity index (χ0v) is 12.4. The van der Waals surface area contributed by atoms with Crippen LogP contribution in [0.1, 0.15) is 10.4 Å². The Morgan fingerprint density at radius 1 is 1.43 bits per heavy atom. The quantitative estimate of drug-likeness (QED) is 0.624. The van der Waals surface area contributed by atoms with Gasteiger partial charge >= 0.3 is 0 Å². The lowest BCUT2D eigenvalue weighted by atomic mass is 10.0. The predicted molar refractivity (Wildman–Crippen MR) is 80.5 cm³/mol. The molecule has 7 heteroatoms. The zero-order chi connectivity index (χ0) is 15.3. The van der Waals surface area contributed by atoms with Gasteiger partial charge in [-0.1, -0.05) is 12.1 Å². The van der Waals surface area contributed by atoms with Crippen LogP contribution in [0, 0.1) is 5.92 Å². The molecule has 3 N–H and O–H groups in total. The van der Waals surface area contributed by atoms with Gasteiger partial charge in [0.2, 0.25) is 10.0 Å². The monoisotopic (exact) mass is 309 g/mol. The minimum absolute atomic E-state index is 0.0716. The summed E-state index contributed by atoms with van der Waals surface area (Å²) in [6.07, 6.45) is 1.46. The van der Waals surface area contributed by atoms with Crippen molar-refractivity contribution >= 4 is 15.9 Å². The molecule has 1 aromatic rings. The first-order chi connectivity index (χ1) is 10.0. The van der Waals surface area contributed by atoms with E-state index in [9.17, 15) is 13.2 Å². The molecule has 21 heavy (non-hydrogen) atoms. The summed E-state index contributed by atoms with van der Waals surface area (Å²) < 4.78 is 26.4. The van der Waals surface area contributed by atoms with Crippen LogP contribution in [-0.4, -0.2) is 40.5 Å². The van der Waals surface area contributed by atoms with Crippen molar-refractivity contribution in [3.63, 3.8) is 0 Å². The number of carbonyl (C=O) groups is 1. The van der Waals surface area contributed by atoms with Gasteiger partial charge in [-0.15, -0.1) is 6.58 Å². The van der Waals surface area contributed by atoms with Crippen LogP contribution in [-0.2, 0) is 10.0 Å². The average molecular weight is 309 g/mol. The van der Waals surface area contributed by atoms with E-state index in [0.29, 0.717) is 18.0 Å². The maximum absolute atomic E-state index is 12.0. The van der Waals surface area contributed by atoms with Crippen LogP contribution in [0.2, 0.25) is 0 Å². The largest absolute Gasteiger partial charge is 0.352 e. The summed E-state index contributed by atoms with van der Waals surface area (Å²) in [7, 11) is -3.61. The van der Waals surface area contributed by atoms with E-state index in [4.69, 9.17) is 0 Å². The minimum Gasteiger partial charge on any atom is -0.352 e. The molecule has 1 heterocycles. The van der Waals surface area contributed by atoms with Crippen molar-refractivity contribution < 1.29 is 13.2 Å². The van der Waals surface area contributed by atoms with Crippen LogP contribution in [0.4, 0.5) is 0 Å². The number of hydrogen-bond donors (Lipinski definition) is 3. The van der Waals surface area contributed by atoms with Crippen molar-refractivity contribution in [2.75, 3.05) is 26.2 Å². The number of sulfonamides is 1. The molecule has 0 saturated carbocycles. The fourth-order valence-electron chi connectivity index (χ4n) is 1.89. The minimum atomic E-state index is -3.61. The number of carbonyl (C=O) groups excluding carboxylic acids is 1. The number of hydrogen-bond acceptors (Lipinski definition) is 4. The van der Waals surface area contributed by atoms with Crippen LogP contribution in [0.5, 0.6) is 0 Å². The molecule has 1 aliphatic rings. The van der Waals surface area contributed by atoms with Crippen molar-refractivity contribution in [3.05, 3.63) is 42.5 Å². The summed E-state index contributed by atoms with van der Waals surface area (Å²) in [6.45, 7) is 6.01. The van der Waals surface area contributed by atoms with Crippen molar-refractivity contribution in [3.8, 4) is 0 Å². The Morgan fingerprint density at radius 3 is 2.81 bits per heavy atom. The van der Waals surface area contributed by atoms with E-state index in [-0.39, 0.29) is 17.3 Å². The summed E-state index contributed by atoms with van der Waals surface area (Å²) in [5.74, 6) is 0.192. The number of benzene rings is 1. The molecule has 1 amide bonds. The van der Waals surface area contributed by atoms with Gasteiger partial charge in [0.05, 0.1) is 4.90 Å². The molecule has 114 valence electrons. The van der Waals surface area contributed by atoms with Gasteiger partial charge in [0.1, 0.15) is 0 Å². The van der Waals surface area contributed by atoms with Gasteiger partial charge in [0.15, 0.2) is 0 Å². The van der Waals surface area contributed by atoms with E-state index >= 15 is 0 Å². The number of rotatable bonds is 7. The van der Waals surface area contributed by atoms with Gasteiger partial charge in [-0.3, -0.25) is 4.79 Å². The topological polar surface area (TPSA) is 87.3 Å². The van der Waals surface area contributed by atoms with Gasteiger partial charge in [0, 0.05) is 37.7 Å². The Kier molecular flexibility index (Phi) is 5.11. The molecule has 1 saturated heterocycles. The Bertz CT molecular complexity index is 624. The Balaban J connectivity index is 2.05. The summed E-state index contributed by atoms with van der Waals surface area (Å²) >= 11 is 0. The van der Waals surface area contributed by atoms with Gasteiger partial charge in [-0.05, 0) is 18.2 Å². The molecule has 2 rings (SSSR count). The standard InChI is InChI=1S/C14H19N3O3S/c1-2-6-17-21(19,20)13-5-3-4-12(7-13)14(18)16-10-11-8-15-9-11/h2-5,7,11,15,17H,1,6,8-10H2,(H,16,18). The van der Waals surface area contributed by atoms with E-state index in [1.807, 2.05) is 0 Å². The van der Waals surface area contributed by atoms with E-state index in [2.05, 4.69) is 21.9 Å². The highest BCUT2D eigenvalue weighted by Crippen LogP contribution is 2.11. The van der Waals surface area contributed by atoms with E-state index in [1.165, 1.54) is 18.2 Å². The molecule has 6 nitrogen and oxygen atoms in total. The predicted octanol–water partition coefficient (Wildman–Crippen LogP) is 0.100. The molecule has 0 spiro atoms. The van der Waals surface area contributed by atoms with E-state index in [0.717, 1.165) is 13.1 Å². The molecule has 0 aromatic heterocycles. The lowest BCUT2D eigenvalue weighted by molar-refractivity contribution is 0.0942. The van der Waals surface area contributed by atoms with Gasteiger partial charge in [0.25, 0.3) is 5.91 Å². The van der Waals surface area contributed by atoms with Crippen molar-refractivity contribution in [1.82, 2.24) is 15.4 Å². The second-order valence-electron chi connectivity index (χ2n) is 4.90. The molecular weight excluding hydrogens is 290 g/mol. The summed E-state index contributed by atoms with van der Waals surface area (Å²) in [6, 6.07) is 5.99. The smallest absolute Gasteiger partial charge is 0.251 e. The zero-order valence-electron chi connectivity index (χ0n) is 11.6. The molecule has 1 fully saturated rings. The Morgan fingerprint density at radius 2 is 2.19 bits per heavy atom. The Hall–Kier alpha value is -1.70. The Labute approximate surface area is 124 Å². The molecule has 0 radical (unpaired) electrons. The lowest BCUT2D eigenvalue weighted by Crippen LogP contribution is -2.48. The highest BCUT2D eigenvalue weighted by atomic mass is 32.2. The summed E-state index contributed by atoms with van der Waals surface area (Å²) in [5.41, 5.74) is 0.337. The molecule has 1 aliphatic heterocycles. The van der Waals surface area contributed by atoms with Crippen LogP contribution in [0.25, 0.3) is 0 Å². The van der Waals surface area contributed by atoms with E-state index < -0.39 is 10.0 Å². The highest BCUT2D eigenvalue weighted by molar-refractivity contribution is 7.89. The van der Waals surface area contributed by atoms with E-state index in [1.54, 1.807) is 12.1 Å². The first kappa shape index (κ1) is 15.7. The fourth-order valence-corrected chi connectivity index (χ4v) is 2.93. The van der Waals surface area contributed by atoms with Crippen LogP contribution in [0.15, 0.2) is 41.8 Å². The molecule has 0 bridgehead atoms. The second-order valence-corrected chi connectivity index (χ2v) is 6.67. The highest BCUT2D eigenvalue weighted by Gasteiger charge is 2.19. The third kappa shape index (κ3) is 4.13. The van der Waals surface area contributed by atoms with Gasteiger partial charge in [-0.2, -0.15) is 0 Å². The third-order valence-electron chi connectivity index (χ3n) is 3.24. The maximum atomic E-state index is 12.0. The van der Waals surface area contributed by atoms with Crippen molar-refractivity contribution in [2.24, 2.45) is 5.92 Å². The molecule has 0 aliphatic carbocycles. The number of amides is 1. The second kappa shape index (κ2) is 6.84.